The molecule has 1 N–H and O–H groups in total. The smallest absolute Gasteiger partial charge is 0.423 e. The number of urea groups is 1. The van der Waals surface area contributed by atoms with Crippen molar-refractivity contribution in [1.29, 1.82) is 0 Å². The number of aryl methyl sites for hydroxylation is 2. The Balaban J connectivity index is 0.00000320. The average Bonchev–Trinajstić information content (AvgIpc) is 3.55. The van der Waals surface area contributed by atoms with E-state index in [2.05, 4.69) is 26.1 Å². The third-order valence-corrected chi connectivity index (χ3v) is 8.77. The van der Waals surface area contributed by atoms with E-state index in [-0.39, 0.29) is 35.2 Å². The number of anilines is 2. The normalized spacial score (nSPS) is 17.8. The van der Waals surface area contributed by atoms with Gasteiger partial charge in [-0.1, -0.05) is 6.07 Å². The van der Waals surface area contributed by atoms with Crippen molar-refractivity contribution in [1.82, 2.24) is 14.7 Å². The molecule has 1 aromatic carbocycles. The number of hydrogen-bond acceptors (Lipinski definition) is 5. The zero-order valence-electron chi connectivity index (χ0n) is 21.3. The first-order chi connectivity index (χ1) is 17.2. The molecule has 0 unspecified atom stereocenters. The van der Waals surface area contributed by atoms with Gasteiger partial charge in [-0.2, -0.15) is 5.10 Å². The van der Waals surface area contributed by atoms with Crippen LogP contribution >= 0.6 is 0 Å². The van der Waals surface area contributed by atoms with Gasteiger partial charge in [0.2, 0.25) is 0 Å². The van der Waals surface area contributed by atoms with Gasteiger partial charge in [-0.05, 0) is 99.4 Å². The van der Waals surface area contributed by atoms with E-state index in [4.69, 9.17) is 0 Å². The Morgan fingerprint density at radius 2 is 1.78 bits per heavy atom. The SMILES string of the molecule is CN1CCC(N(c2cnn(CC(F)F)c2)S(=O)(=O)[N-]C(=O)Nc2c3c(cc4c2CCC4)CCC3)CC1.[Na+]. The number of benzene rings is 1. The zero-order valence-corrected chi connectivity index (χ0v) is 24.1. The molecule has 9 nitrogen and oxygen atoms in total. The quantitative estimate of drug-likeness (QED) is 0.522. The Bertz CT molecular complexity index is 1220. The molecule has 0 spiro atoms. The van der Waals surface area contributed by atoms with Gasteiger partial charge in [0.1, 0.15) is 6.54 Å². The number of carbonyl (C=O) groups excluding carboxylic acids is 1. The zero-order chi connectivity index (χ0) is 25.4. The van der Waals surface area contributed by atoms with Crippen molar-refractivity contribution in [2.45, 2.75) is 70.4 Å². The Morgan fingerprint density at radius 3 is 2.38 bits per heavy atom. The van der Waals surface area contributed by atoms with Gasteiger partial charge in [-0.25, -0.2) is 17.2 Å². The van der Waals surface area contributed by atoms with E-state index in [1.165, 1.54) is 23.5 Å². The van der Waals surface area contributed by atoms with Crippen molar-refractivity contribution in [2.24, 2.45) is 0 Å². The van der Waals surface area contributed by atoms with E-state index in [0.717, 1.165) is 64.3 Å². The van der Waals surface area contributed by atoms with Crippen LogP contribution in [0.25, 0.3) is 4.72 Å². The van der Waals surface area contributed by atoms with Gasteiger partial charge in [-0.15, -0.1) is 0 Å². The first-order valence-corrected chi connectivity index (χ1v) is 13.8. The number of nitrogens with zero attached hydrogens (tertiary/aromatic N) is 5. The van der Waals surface area contributed by atoms with E-state index >= 15 is 0 Å². The van der Waals surface area contributed by atoms with Crippen molar-refractivity contribution in [3.05, 3.63) is 45.4 Å². The fourth-order valence-corrected chi connectivity index (χ4v) is 7.01. The molecule has 196 valence electrons. The minimum Gasteiger partial charge on any atom is -0.423 e. The van der Waals surface area contributed by atoms with Crippen LogP contribution in [0.15, 0.2) is 18.5 Å². The fourth-order valence-electron chi connectivity index (χ4n) is 5.72. The molecule has 1 fully saturated rings. The monoisotopic (exact) mass is 544 g/mol. The number of aromatic nitrogens is 2. The summed E-state index contributed by atoms with van der Waals surface area (Å²) >= 11 is 0. The van der Waals surface area contributed by atoms with Gasteiger partial charge >= 0.3 is 29.6 Å². The molecular formula is C24H31F2N6NaO3S. The average molecular weight is 545 g/mol. The molecule has 0 radical (unpaired) electrons. The predicted octanol–water partition coefficient (Wildman–Crippen LogP) is 0.881. The first-order valence-electron chi connectivity index (χ1n) is 12.5. The third-order valence-electron chi connectivity index (χ3n) is 7.37. The maximum Gasteiger partial charge on any atom is 1.00 e. The maximum atomic E-state index is 13.5. The summed E-state index contributed by atoms with van der Waals surface area (Å²) in [7, 11) is -2.52. The number of likely N-dealkylation sites (tertiary alicyclic amines) is 1. The first kappa shape index (κ1) is 28.3. The third kappa shape index (κ3) is 6.13. The second-order valence-electron chi connectivity index (χ2n) is 9.88. The van der Waals surface area contributed by atoms with Crippen LogP contribution in [0.2, 0.25) is 0 Å². The number of alkyl halides is 2. The minimum absolute atomic E-state index is 0. The number of halogens is 2. The Hall–Kier alpha value is -1.73. The molecule has 1 aromatic heterocycles. The number of carbonyl (C=O) groups is 1. The standard InChI is InChI=1S/C24H32F2N6O3S.Na/c1-30-10-8-18(9-11-30)32(19-13-27-31(14-19)15-22(25)26)36(34,35)29-24(33)28-23-20-6-2-4-16(20)12-17-5-3-7-21(17)23;/h12-14,18,22H,2-11,15H2,1H3,(H2,28,29,33);/q;+1/p-1. The van der Waals surface area contributed by atoms with Crippen LogP contribution < -0.4 is 39.2 Å². The minimum atomic E-state index is -4.47. The Kier molecular flexibility index (Phi) is 8.84. The van der Waals surface area contributed by atoms with Crippen LogP contribution in [0.3, 0.4) is 0 Å². The van der Waals surface area contributed by atoms with Gasteiger partial charge in [0.15, 0.2) is 6.03 Å². The summed E-state index contributed by atoms with van der Waals surface area (Å²) in [5, 5.41) is 6.71. The summed E-state index contributed by atoms with van der Waals surface area (Å²) in [5.74, 6) is 0. The molecule has 2 amide bonds. The summed E-state index contributed by atoms with van der Waals surface area (Å²) < 4.78 is 58.5. The molecule has 5 rings (SSSR count). The molecule has 0 atom stereocenters. The second-order valence-corrected chi connectivity index (χ2v) is 11.3. The summed E-state index contributed by atoms with van der Waals surface area (Å²) in [6.07, 6.45) is 6.52. The van der Waals surface area contributed by atoms with E-state index < -0.39 is 35.3 Å². The number of amides is 2. The fraction of sp³-hybridized carbons (Fsp3) is 0.583. The van der Waals surface area contributed by atoms with Gasteiger partial charge in [-0.3, -0.25) is 13.8 Å². The van der Waals surface area contributed by atoms with Crippen LogP contribution in [-0.2, 0) is 42.4 Å². The van der Waals surface area contributed by atoms with Crippen molar-refractivity contribution in [3.8, 4) is 0 Å². The molecule has 2 aromatic rings. The van der Waals surface area contributed by atoms with Gasteiger partial charge in [0.05, 0.1) is 11.9 Å². The second kappa shape index (κ2) is 11.6. The summed E-state index contributed by atoms with van der Waals surface area (Å²) in [4.78, 5) is 15.1. The van der Waals surface area contributed by atoms with Crippen LogP contribution in [0.5, 0.6) is 0 Å². The Morgan fingerprint density at radius 1 is 1.16 bits per heavy atom. The number of nitrogens with one attached hydrogen (secondary N) is 1. The van der Waals surface area contributed by atoms with E-state index in [9.17, 15) is 22.0 Å². The molecule has 37 heavy (non-hydrogen) atoms. The van der Waals surface area contributed by atoms with Gasteiger partial charge in [0, 0.05) is 12.2 Å². The van der Waals surface area contributed by atoms with Crippen LogP contribution in [0.1, 0.15) is 47.9 Å². The van der Waals surface area contributed by atoms with Crippen molar-refractivity contribution >= 4 is 27.6 Å². The van der Waals surface area contributed by atoms with Crippen molar-refractivity contribution in [2.75, 3.05) is 29.8 Å². The molecule has 1 saturated heterocycles. The molecule has 0 saturated carbocycles. The largest absolute Gasteiger partial charge is 1.00 e. The van der Waals surface area contributed by atoms with Crippen molar-refractivity contribution < 1.29 is 51.6 Å². The van der Waals surface area contributed by atoms with E-state index in [1.54, 1.807) is 0 Å². The molecule has 0 bridgehead atoms. The molecule has 3 aliphatic rings. The van der Waals surface area contributed by atoms with Crippen LogP contribution in [-0.4, -0.2) is 61.7 Å². The van der Waals surface area contributed by atoms with E-state index in [1.807, 2.05) is 7.05 Å². The number of hydrogen-bond donors (Lipinski definition) is 1. The van der Waals surface area contributed by atoms with Crippen LogP contribution in [0.4, 0.5) is 25.0 Å². The molecule has 2 aliphatic carbocycles. The Labute approximate surface area is 238 Å². The molecule has 2 heterocycles. The van der Waals surface area contributed by atoms with Crippen LogP contribution in [0, 0.1) is 0 Å². The van der Waals surface area contributed by atoms with Crippen molar-refractivity contribution in [3.63, 3.8) is 0 Å². The summed E-state index contributed by atoms with van der Waals surface area (Å²) in [5.41, 5.74) is 5.44. The molecule has 1 aliphatic heterocycles. The van der Waals surface area contributed by atoms with Gasteiger partial charge < -0.3 is 14.9 Å². The topological polar surface area (TPSA) is 102 Å². The number of fused-ring (bicyclic) bond motifs is 2. The summed E-state index contributed by atoms with van der Waals surface area (Å²) in [6, 6.07) is 0.826. The number of rotatable bonds is 7. The number of piperidine rings is 1. The van der Waals surface area contributed by atoms with Gasteiger partial charge in [0.25, 0.3) is 16.6 Å². The summed E-state index contributed by atoms with van der Waals surface area (Å²) in [6.45, 7) is 0.676. The predicted molar refractivity (Wildman–Crippen MR) is 133 cm³/mol. The maximum absolute atomic E-state index is 13.5. The molecular weight excluding hydrogens is 513 g/mol. The van der Waals surface area contributed by atoms with E-state index in [0.29, 0.717) is 25.9 Å². The molecule has 13 heteroatoms.